The Morgan fingerprint density at radius 3 is 2.80 bits per heavy atom. The summed E-state index contributed by atoms with van der Waals surface area (Å²) in [5, 5.41) is 3.89. The zero-order chi connectivity index (χ0) is 17.6. The van der Waals surface area contributed by atoms with Crippen LogP contribution in [-0.2, 0) is 0 Å². The molecule has 6 heteroatoms. The number of hydrogen-bond donors (Lipinski definition) is 1. The van der Waals surface area contributed by atoms with Crippen LogP contribution in [0.3, 0.4) is 0 Å². The average Bonchev–Trinajstić information content (AvgIpc) is 2.57. The van der Waals surface area contributed by atoms with Crippen LogP contribution in [0.1, 0.15) is 31.9 Å². The molecule has 4 nitrogen and oxygen atoms in total. The molecule has 2 unspecified atom stereocenters. The maximum Gasteiger partial charge on any atom is 0.188 e. The quantitative estimate of drug-likeness (QED) is 0.834. The van der Waals surface area contributed by atoms with Crippen LogP contribution in [-0.4, -0.2) is 17.4 Å². The maximum absolute atomic E-state index is 13.6. The molecule has 2 heterocycles. The fraction of sp³-hybridized carbons (Fsp3) is 0.316. The number of nitrogens with zero attached hydrogens (tertiary/aromatic N) is 1. The van der Waals surface area contributed by atoms with Gasteiger partial charge in [0.2, 0.25) is 0 Å². The number of rotatable bonds is 3. The summed E-state index contributed by atoms with van der Waals surface area (Å²) in [4.78, 5) is 1.97. The Morgan fingerprint density at radius 1 is 1.32 bits per heavy atom. The van der Waals surface area contributed by atoms with Crippen molar-refractivity contribution >= 4 is 23.0 Å². The average molecular weight is 358 g/mol. The van der Waals surface area contributed by atoms with Crippen molar-refractivity contribution in [3.8, 4) is 11.5 Å². The van der Waals surface area contributed by atoms with E-state index in [4.69, 9.17) is 21.7 Å². The van der Waals surface area contributed by atoms with Gasteiger partial charge in [-0.2, -0.15) is 0 Å². The van der Waals surface area contributed by atoms with Crippen molar-refractivity contribution in [3.05, 3.63) is 53.8 Å². The van der Waals surface area contributed by atoms with E-state index in [1.165, 1.54) is 12.1 Å². The highest BCUT2D eigenvalue weighted by Crippen LogP contribution is 2.45. The van der Waals surface area contributed by atoms with Gasteiger partial charge in [0, 0.05) is 17.7 Å². The van der Waals surface area contributed by atoms with E-state index in [0.29, 0.717) is 23.9 Å². The van der Waals surface area contributed by atoms with Gasteiger partial charge in [-0.05, 0) is 68.5 Å². The number of ether oxygens (including phenoxy) is 2. The number of hydrogen-bond acceptors (Lipinski definition) is 3. The first-order chi connectivity index (χ1) is 12.0. The third-order valence-electron chi connectivity index (χ3n) is 4.64. The third kappa shape index (κ3) is 2.70. The number of nitrogens with one attached hydrogen (secondary N) is 1. The van der Waals surface area contributed by atoms with Crippen molar-refractivity contribution in [2.75, 3.05) is 11.5 Å². The molecule has 2 aliphatic heterocycles. The van der Waals surface area contributed by atoms with Crippen molar-refractivity contribution in [2.24, 2.45) is 0 Å². The van der Waals surface area contributed by atoms with Crippen LogP contribution in [0, 0.1) is 5.82 Å². The topological polar surface area (TPSA) is 33.7 Å². The summed E-state index contributed by atoms with van der Waals surface area (Å²) in [5.74, 6) is 1.23. The summed E-state index contributed by atoms with van der Waals surface area (Å²) in [6.45, 7) is 4.59. The minimum atomic E-state index is -0.634. The first kappa shape index (κ1) is 16.1. The summed E-state index contributed by atoms with van der Waals surface area (Å²) >= 11 is 5.59. The van der Waals surface area contributed by atoms with Gasteiger partial charge < -0.3 is 14.8 Å². The van der Waals surface area contributed by atoms with Crippen LogP contribution in [0.15, 0.2) is 42.5 Å². The number of anilines is 1. The Labute approximate surface area is 151 Å². The second-order valence-corrected chi connectivity index (χ2v) is 6.81. The lowest BCUT2D eigenvalue weighted by Gasteiger charge is -2.52. The van der Waals surface area contributed by atoms with E-state index < -0.39 is 5.72 Å². The molecule has 2 aromatic rings. The lowest BCUT2D eigenvalue weighted by atomic mass is 9.90. The van der Waals surface area contributed by atoms with Gasteiger partial charge in [-0.3, -0.25) is 4.90 Å². The summed E-state index contributed by atoms with van der Waals surface area (Å²) in [6.07, 6.45) is 0.663. The standard InChI is InChI=1S/C19H19FN2O2S/c1-3-23-14-7-5-13(6-8-14)22-18(25)21-16-11-19(22,2)24-17-9-4-12(20)10-15(16)17/h4-10,16H,3,11H2,1-2H3,(H,21,25). The van der Waals surface area contributed by atoms with Gasteiger partial charge in [-0.15, -0.1) is 0 Å². The number of benzene rings is 2. The van der Waals surface area contributed by atoms with Crippen LogP contribution in [0.5, 0.6) is 11.5 Å². The van der Waals surface area contributed by atoms with Crippen LogP contribution in [0.25, 0.3) is 0 Å². The number of thiocarbonyl (C=S) groups is 1. The second-order valence-electron chi connectivity index (χ2n) is 6.43. The van der Waals surface area contributed by atoms with E-state index in [-0.39, 0.29) is 11.9 Å². The molecule has 2 atom stereocenters. The van der Waals surface area contributed by atoms with Crippen LogP contribution >= 0.6 is 12.2 Å². The van der Waals surface area contributed by atoms with E-state index in [9.17, 15) is 4.39 Å². The summed E-state index contributed by atoms with van der Waals surface area (Å²) in [5.41, 5.74) is 1.10. The van der Waals surface area contributed by atoms with Gasteiger partial charge in [0.1, 0.15) is 17.3 Å². The highest BCUT2D eigenvalue weighted by atomic mass is 32.1. The normalized spacial score (nSPS) is 24.2. The Kier molecular flexibility index (Phi) is 3.80. The predicted molar refractivity (Wildman–Crippen MR) is 98.6 cm³/mol. The van der Waals surface area contributed by atoms with Crippen molar-refractivity contribution < 1.29 is 13.9 Å². The lowest BCUT2D eigenvalue weighted by molar-refractivity contribution is 0.0495. The molecule has 1 N–H and O–H groups in total. The van der Waals surface area contributed by atoms with Crippen molar-refractivity contribution in [3.63, 3.8) is 0 Å². The fourth-order valence-corrected chi connectivity index (χ4v) is 4.04. The molecular weight excluding hydrogens is 339 g/mol. The minimum Gasteiger partial charge on any atom is -0.494 e. The van der Waals surface area contributed by atoms with Crippen molar-refractivity contribution in [1.82, 2.24) is 5.32 Å². The van der Waals surface area contributed by atoms with Gasteiger partial charge in [0.25, 0.3) is 0 Å². The highest BCUT2D eigenvalue weighted by Gasteiger charge is 2.48. The number of fused-ring (bicyclic) bond motifs is 4. The molecular formula is C19H19FN2O2S. The van der Waals surface area contributed by atoms with Crippen molar-refractivity contribution in [2.45, 2.75) is 32.0 Å². The molecule has 130 valence electrons. The lowest BCUT2D eigenvalue weighted by Crippen LogP contribution is -2.65. The maximum atomic E-state index is 13.6. The third-order valence-corrected chi connectivity index (χ3v) is 4.94. The molecule has 0 aliphatic carbocycles. The van der Waals surface area contributed by atoms with Crippen molar-refractivity contribution in [1.29, 1.82) is 0 Å². The zero-order valence-corrected chi connectivity index (χ0v) is 14.9. The van der Waals surface area contributed by atoms with E-state index in [2.05, 4.69) is 5.32 Å². The molecule has 25 heavy (non-hydrogen) atoms. The Bertz CT molecular complexity index is 827. The molecule has 2 aromatic carbocycles. The summed E-state index contributed by atoms with van der Waals surface area (Å²) in [6, 6.07) is 12.3. The molecule has 0 spiro atoms. The van der Waals surface area contributed by atoms with Gasteiger partial charge in [0.15, 0.2) is 10.8 Å². The Morgan fingerprint density at radius 2 is 2.08 bits per heavy atom. The molecule has 1 saturated heterocycles. The van der Waals surface area contributed by atoms with Crippen LogP contribution < -0.4 is 19.7 Å². The molecule has 2 bridgehead atoms. The highest BCUT2D eigenvalue weighted by molar-refractivity contribution is 7.80. The van der Waals surface area contributed by atoms with E-state index >= 15 is 0 Å². The molecule has 0 aromatic heterocycles. The van der Waals surface area contributed by atoms with E-state index in [1.807, 2.05) is 43.0 Å². The summed E-state index contributed by atoms with van der Waals surface area (Å²) in [7, 11) is 0. The second kappa shape index (κ2) is 5.88. The van der Waals surface area contributed by atoms with Gasteiger partial charge >= 0.3 is 0 Å². The van der Waals surface area contributed by atoms with Gasteiger partial charge in [-0.25, -0.2) is 4.39 Å². The largest absolute Gasteiger partial charge is 0.494 e. The molecule has 0 amide bonds. The monoisotopic (exact) mass is 358 g/mol. The fourth-order valence-electron chi connectivity index (χ4n) is 3.59. The molecule has 0 saturated carbocycles. The van der Waals surface area contributed by atoms with Gasteiger partial charge in [-0.1, -0.05) is 0 Å². The molecule has 0 radical (unpaired) electrons. The van der Waals surface area contributed by atoms with E-state index in [1.54, 1.807) is 6.07 Å². The molecule has 4 rings (SSSR count). The Balaban J connectivity index is 1.71. The van der Waals surface area contributed by atoms with Crippen LogP contribution in [0.4, 0.5) is 10.1 Å². The summed E-state index contributed by atoms with van der Waals surface area (Å²) < 4.78 is 25.4. The molecule has 2 aliphatic rings. The van der Waals surface area contributed by atoms with E-state index in [0.717, 1.165) is 17.0 Å². The predicted octanol–water partition coefficient (Wildman–Crippen LogP) is 4.16. The SMILES string of the molecule is CCOc1ccc(N2C(=S)NC3CC2(C)Oc2ccc(F)cc23)cc1. The smallest absolute Gasteiger partial charge is 0.188 e. The van der Waals surface area contributed by atoms with Crippen LogP contribution in [0.2, 0.25) is 0 Å². The number of halogens is 1. The minimum absolute atomic E-state index is 0.0594. The zero-order valence-electron chi connectivity index (χ0n) is 14.1. The first-order valence-corrected chi connectivity index (χ1v) is 8.73. The Hall–Kier alpha value is -2.34. The molecule has 1 fully saturated rings. The first-order valence-electron chi connectivity index (χ1n) is 8.32. The van der Waals surface area contributed by atoms with Gasteiger partial charge in [0.05, 0.1) is 12.6 Å².